The Morgan fingerprint density at radius 2 is 2.43 bits per heavy atom. The molecule has 0 spiro atoms. The van der Waals surface area contributed by atoms with Gasteiger partial charge in [-0.1, -0.05) is 23.5 Å². The van der Waals surface area contributed by atoms with Gasteiger partial charge in [0.1, 0.15) is 4.88 Å². The zero-order valence-electron chi connectivity index (χ0n) is 12.2. The number of carbonyl (C=O) groups excluding carboxylic acids is 1. The Balaban J connectivity index is 1.97. The maximum atomic E-state index is 12.5. The fourth-order valence-electron chi connectivity index (χ4n) is 1.84. The Labute approximate surface area is 133 Å². The zero-order valence-corrected chi connectivity index (χ0v) is 13.8. The number of thiazole rings is 1. The molecule has 0 aliphatic heterocycles. The van der Waals surface area contributed by atoms with E-state index in [0.717, 1.165) is 11.6 Å². The molecule has 2 rings (SSSR count). The third-order valence-corrected chi connectivity index (χ3v) is 5.01. The van der Waals surface area contributed by atoms with Crippen LogP contribution in [0.2, 0.25) is 0 Å². The van der Waals surface area contributed by atoms with Crippen molar-refractivity contribution in [1.82, 2.24) is 9.88 Å². The SMILES string of the molecule is C=CCNc1ncc(C(=O)N(C)[C@H](C)Cc2cccs2)s1. The third kappa shape index (κ3) is 4.15. The van der Waals surface area contributed by atoms with Crippen LogP contribution in [-0.4, -0.2) is 35.4 Å². The van der Waals surface area contributed by atoms with Gasteiger partial charge in [-0.05, 0) is 18.4 Å². The second kappa shape index (κ2) is 7.38. The summed E-state index contributed by atoms with van der Waals surface area (Å²) in [6.07, 6.45) is 4.27. The summed E-state index contributed by atoms with van der Waals surface area (Å²) < 4.78 is 0. The number of aromatic nitrogens is 1. The molecule has 112 valence electrons. The predicted octanol–water partition coefficient (Wildman–Crippen LogP) is 3.51. The first-order chi connectivity index (χ1) is 10.1. The summed E-state index contributed by atoms with van der Waals surface area (Å²) in [6.45, 7) is 6.35. The standard InChI is InChI=1S/C15H19N3OS2/c1-4-7-16-15-17-10-13(21-15)14(19)18(3)11(2)9-12-6-5-8-20-12/h4-6,8,10-11H,1,7,9H2,2-3H3,(H,16,17)/t11-/m1/s1. The third-order valence-electron chi connectivity index (χ3n) is 3.17. The largest absolute Gasteiger partial charge is 0.358 e. The number of rotatable bonds is 7. The summed E-state index contributed by atoms with van der Waals surface area (Å²) >= 11 is 3.10. The smallest absolute Gasteiger partial charge is 0.265 e. The molecule has 0 aliphatic carbocycles. The lowest BCUT2D eigenvalue weighted by Crippen LogP contribution is -2.35. The molecule has 4 nitrogen and oxygen atoms in total. The highest BCUT2D eigenvalue weighted by atomic mass is 32.1. The lowest BCUT2D eigenvalue weighted by atomic mass is 10.2. The highest BCUT2D eigenvalue weighted by molar-refractivity contribution is 7.17. The number of thiophene rings is 1. The van der Waals surface area contributed by atoms with Gasteiger partial charge >= 0.3 is 0 Å². The summed E-state index contributed by atoms with van der Waals surface area (Å²) in [5.41, 5.74) is 0. The molecule has 0 bridgehead atoms. The van der Waals surface area contributed by atoms with Crippen LogP contribution in [0, 0.1) is 0 Å². The molecule has 1 amide bonds. The van der Waals surface area contributed by atoms with E-state index in [9.17, 15) is 4.79 Å². The molecule has 0 fully saturated rings. The molecule has 0 unspecified atom stereocenters. The summed E-state index contributed by atoms with van der Waals surface area (Å²) in [4.78, 5) is 20.4. The molecule has 0 aromatic carbocycles. The molecule has 21 heavy (non-hydrogen) atoms. The van der Waals surface area contributed by atoms with E-state index < -0.39 is 0 Å². The van der Waals surface area contributed by atoms with Crippen LogP contribution in [0.4, 0.5) is 5.13 Å². The average molecular weight is 321 g/mol. The lowest BCUT2D eigenvalue weighted by molar-refractivity contribution is 0.0748. The Morgan fingerprint density at radius 1 is 1.62 bits per heavy atom. The molecular weight excluding hydrogens is 302 g/mol. The van der Waals surface area contributed by atoms with Crippen LogP contribution in [0.1, 0.15) is 21.5 Å². The Kier molecular flexibility index (Phi) is 5.52. The van der Waals surface area contributed by atoms with Crippen LogP contribution in [0.15, 0.2) is 36.4 Å². The minimum atomic E-state index is 0.0169. The van der Waals surface area contributed by atoms with Gasteiger partial charge < -0.3 is 10.2 Å². The van der Waals surface area contributed by atoms with Crippen LogP contribution in [0.5, 0.6) is 0 Å². The van der Waals surface area contributed by atoms with E-state index in [0.29, 0.717) is 11.4 Å². The molecule has 1 atom stereocenters. The Hall–Kier alpha value is -1.66. The van der Waals surface area contributed by atoms with Crippen molar-refractivity contribution in [3.05, 3.63) is 46.1 Å². The molecule has 0 aliphatic rings. The Bertz CT molecular complexity index is 592. The number of carbonyl (C=O) groups is 1. The number of amides is 1. The van der Waals surface area contributed by atoms with Crippen molar-refractivity contribution < 1.29 is 4.79 Å². The van der Waals surface area contributed by atoms with Gasteiger partial charge in [0, 0.05) is 30.9 Å². The molecule has 2 aromatic rings. The number of nitrogens with zero attached hydrogens (tertiary/aromatic N) is 2. The van der Waals surface area contributed by atoms with Gasteiger partial charge in [-0.2, -0.15) is 0 Å². The van der Waals surface area contributed by atoms with Crippen molar-refractivity contribution >= 4 is 33.7 Å². The predicted molar refractivity (Wildman–Crippen MR) is 90.4 cm³/mol. The molecular formula is C15H19N3OS2. The molecule has 0 saturated carbocycles. The van der Waals surface area contributed by atoms with Gasteiger partial charge in [-0.3, -0.25) is 4.79 Å². The van der Waals surface area contributed by atoms with Crippen molar-refractivity contribution in [3.63, 3.8) is 0 Å². The number of hydrogen-bond acceptors (Lipinski definition) is 5. The zero-order chi connectivity index (χ0) is 15.2. The summed E-state index contributed by atoms with van der Waals surface area (Å²) in [6, 6.07) is 4.29. The second-order valence-electron chi connectivity index (χ2n) is 4.75. The van der Waals surface area contributed by atoms with Gasteiger partial charge in [-0.15, -0.1) is 17.9 Å². The normalized spacial score (nSPS) is 11.9. The quantitative estimate of drug-likeness (QED) is 0.794. The molecule has 2 aromatic heterocycles. The first-order valence-electron chi connectivity index (χ1n) is 6.72. The highest BCUT2D eigenvalue weighted by Crippen LogP contribution is 2.21. The van der Waals surface area contributed by atoms with Crippen molar-refractivity contribution in [1.29, 1.82) is 0 Å². The van der Waals surface area contributed by atoms with E-state index in [-0.39, 0.29) is 11.9 Å². The highest BCUT2D eigenvalue weighted by Gasteiger charge is 2.20. The van der Waals surface area contributed by atoms with E-state index >= 15 is 0 Å². The molecule has 2 heterocycles. The summed E-state index contributed by atoms with van der Waals surface area (Å²) in [5, 5.41) is 5.90. The van der Waals surface area contributed by atoms with E-state index in [1.807, 2.05) is 13.1 Å². The monoisotopic (exact) mass is 321 g/mol. The van der Waals surface area contributed by atoms with E-state index in [1.54, 1.807) is 28.5 Å². The number of anilines is 1. The van der Waals surface area contributed by atoms with Crippen LogP contribution in [0.3, 0.4) is 0 Å². The van der Waals surface area contributed by atoms with Crippen molar-refractivity contribution in [2.45, 2.75) is 19.4 Å². The van der Waals surface area contributed by atoms with E-state index in [4.69, 9.17) is 0 Å². The topological polar surface area (TPSA) is 45.2 Å². The van der Waals surface area contributed by atoms with E-state index in [2.05, 4.69) is 35.2 Å². The number of hydrogen-bond donors (Lipinski definition) is 1. The minimum absolute atomic E-state index is 0.0169. The van der Waals surface area contributed by atoms with Gasteiger partial charge in [0.15, 0.2) is 5.13 Å². The number of nitrogens with one attached hydrogen (secondary N) is 1. The second-order valence-corrected chi connectivity index (χ2v) is 6.81. The van der Waals surface area contributed by atoms with E-state index in [1.165, 1.54) is 16.2 Å². The van der Waals surface area contributed by atoms with Gasteiger partial charge in [0.05, 0.1) is 6.20 Å². The van der Waals surface area contributed by atoms with Crippen molar-refractivity contribution in [2.24, 2.45) is 0 Å². The average Bonchev–Trinajstić information content (AvgIpc) is 3.14. The fraction of sp³-hybridized carbons (Fsp3) is 0.333. The van der Waals surface area contributed by atoms with Gasteiger partial charge in [0.2, 0.25) is 0 Å². The maximum absolute atomic E-state index is 12.5. The first-order valence-corrected chi connectivity index (χ1v) is 8.41. The number of likely N-dealkylation sites (N-methyl/N-ethyl adjacent to an activating group) is 1. The summed E-state index contributed by atoms with van der Waals surface area (Å²) in [7, 11) is 1.84. The van der Waals surface area contributed by atoms with Crippen molar-refractivity contribution in [2.75, 3.05) is 18.9 Å². The van der Waals surface area contributed by atoms with Crippen LogP contribution < -0.4 is 5.32 Å². The molecule has 6 heteroatoms. The van der Waals surface area contributed by atoms with Crippen LogP contribution in [-0.2, 0) is 6.42 Å². The van der Waals surface area contributed by atoms with Crippen LogP contribution in [0.25, 0.3) is 0 Å². The fourth-order valence-corrected chi connectivity index (χ4v) is 3.48. The lowest BCUT2D eigenvalue weighted by Gasteiger charge is -2.23. The molecule has 0 radical (unpaired) electrons. The minimum Gasteiger partial charge on any atom is -0.358 e. The van der Waals surface area contributed by atoms with Gasteiger partial charge in [-0.25, -0.2) is 4.98 Å². The van der Waals surface area contributed by atoms with Crippen LogP contribution >= 0.6 is 22.7 Å². The van der Waals surface area contributed by atoms with Crippen molar-refractivity contribution in [3.8, 4) is 0 Å². The molecule has 0 saturated heterocycles. The summed E-state index contributed by atoms with van der Waals surface area (Å²) in [5.74, 6) is 0.0169. The van der Waals surface area contributed by atoms with Gasteiger partial charge in [0.25, 0.3) is 5.91 Å². The maximum Gasteiger partial charge on any atom is 0.265 e. The molecule has 1 N–H and O–H groups in total. The first kappa shape index (κ1) is 15.7. The Morgan fingerprint density at radius 3 is 3.10 bits per heavy atom.